The molecule has 96 valence electrons. The van der Waals surface area contributed by atoms with Crippen LogP contribution >= 0.6 is 11.6 Å². The molecule has 0 amide bonds. The van der Waals surface area contributed by atoms with E-state index in [-0.39, 0.29) is 5.38 Å². The first-order chi connectivity index (χ1) is 8.60. The monoisotopic (exact) mass is 262 g/mol. The molecule has 3 heteroatoms. The smallest absolute Gasteiger partial charge is 0.0662 e. The van der Waals surface area contributed by atoms with E-state index in [2.05, 4.69) is 44.1 Å². The van der Waals surface area contributed by atoms with Gasteiger partial charge < -0.3 is 0 Å². The van der Waals surface area contributed by atoms with E-state index >= 15 is 0 Å². The SMILES string of the molecule is CCC(Cl)c1cnn(Cc2cc(C)ccc2C)c1. The molecule has 1 aromatic heterocycles. The van der Waals surface area contributed by atoms with Crippen LogP contribution in [0.15, 0.2) is 30.6 Å². The summed E-state index contributed by atoms with van der Waals surface area (Å²) in [5.74, 6) is 0. The number of aromatic nitrogens is 2. The van der Waals surface area contributed by atoms with Crippen LogP contribution in [0.5, 0.6) is 0 Å². The second-order valence-electron chi connectivity index (χ2n) is 4.78. The van der Waals surface area contributed by atoms with Crippen molar-refractivity contribution in [1.82, 2.24) is 9.78 Å². The lowest BCUT2D eigenvalue weighted by molar-refractivity contribution is 0.682. The molecular formula is C15H19ClN2. The molecule has 0 aliphatic carbocycles. The average molecular weight is 263 g/mol. The molecule has 2 rings (SSSR count). The van der Waals surface area contributed by atoms with Gasteiger partial charge in [0.25, 0.3) is 0 Å². The van der Waals surface area contributed by atoms with Gasteiger partial charge in [0.15, 0.2) is 0 Å². The van der Waals surface area contributed by atoms with Gasteiger partial charge in [0.2, 0.25) is 0 Å². The Morgan fingerprint density at radius 3 is 2.83 bits per heavy atom. The van der Waals surface area contributed by atoms with Gasteiger partial charge in [-0.1, -0.05) is 30.7 Å². The van der Waals surface area contributed by atoms with Gasteiger partial charge in [-0.2, -0.15) is 5.10 Å². The van der Waals surface area contributed by atoms with E-state index in [4.69, 9.17) is 11.6 Å². The summed E-state index contributed by atoms with van der Waals surface area (Å²) in [6.45, 7) is 7.14. The summed E-state index contributed by atoms with van der Waals surface area (Å²) >= 11 is 6.21. The Balaban J connectivity index is 2.18. The van der Waals surface area contributed by atoms with Crippen LogP contribution in [0.4, 0.5) is 0 Å². The van der Waals surface area contributed by atoms with Crippen LogP contribution < -0.4 is 0 Å². The summed E-state index contributed by atoms with van der Waals surface area (Å²) in [4.78, 5) is 0. The van der Waals surface area contributed by atoms with Crippen LogP contribution in [-0.4, -0.2) is 9.78 Å². The summed E-state index contributed by atoms with van der Waals surface area (Å²) < 4.78 is 1.96. The van der Waals surface area contributed by atoms with Gasteiger partial charge in [0.05, 0.1) is 18.1 Å². The van der Waals surface area contributed by atoms with Crippen LogP contribution in [0.2, 0.25) is 0 Å². The lowest BCUT2D eigenvalue weighted by Crippen LogP contribution is -2.02. The molecule has 0 fully saturated rings. The van der Waals surface area contributed by atoms with Crippen LogP contribution in [-0.2, 0) is 6.54 Å². The van der Waals surface area contributed by atoms with E-state index in [9.17, 15) is 0 Å². The fourth-order valence-corrected chi connectivity index (χ4v) is 2.12. The molecule has 1 unspecified atom stereocenters. The Bertz CT molecular complexity index is 531. The normalized spacial score (nSPS) is 12.7. The molecule has 1 atom stereocenters. The third-order valence-electron chi connectivity index (χ3n) is 3.21. The van der Waals surface area contributed by atoms with E-state index in [1.807, 2.05) is 17.1 Å². The maximum Gasteiger partial charge on any atom is 0.0662 e. The lowest BCUT2D eigenvalue weighted by Gasteiger charge is -2.07. The summed E-state index contributed by atoms with van der Waals surface area (Å²) in [5.41, 5.74) is 5.00. The fraction of sp³-hybridized carbons (Fsp3) is 0.400. The summed E-state index contributed by atoms with van der Waals surface area (Å²) in [6.07, 6.45) is 4.84. The summed E-state index contributed by atoms with van der Waals surface area (Å²) in [6, 6.07) is 6.51. The standard InChI is InChI=1S/C15H19ClN2/c1-4-15(16)14-8-17-18(10-14)9-13-7-11(2)5-6-12(13)3/h5-8,10,15H,4,9H2,1-3H3. The first kappa shape index (κ1) is 13.2. The average Bonchev–Trinajstić information content (AvgIpc) is 2.81. The third kappa shape index (κ3) is 2.94. The molecule has 0 radical (unpaired) electrons. The number of alkyl halides is 1. The van der Waals surface area contributed by atoms with Crippen LogP contribution in [0, 0.1) is 13.8 Å². The Morgan fingerprint density at radius 1 is 1.33 bits per heavy atom. The second kappa shape index (κ2) is 5.57. The minimum absolute atomic E-state index is 0.0670. The van der Waals surface area contributed by atoms with Crippen molar-refractivity contribution >= 4 is 11.6 Å². The van der Waals surface area contributed by atoms with Crippen molar-refractivity contribution in [2.75, 3.05) is 0 Å². The van der Waals surface area contributed by atoms with Gasteiger partial charge in [-0.15, -0.1) is 11.6 Å². The van der Waals surface area contributed by atoms with Crippen molar-refractivity contribution in [2.24, 2.45) is 0 Å². The van der Waals surface area contributed by atoms with Gasteiger partial charge in [-0.3, -0.25) is 4.68 Å². The highest BCUT2D eigenvalue weighted by atomic mass is 35.5. The zero-order chi connectivity index (χ0) is 13.1. The van der Waals surface area contributed by atoms with Crippen molar-refractivity contribution in [3.05, 3.63) is 52.8 Å². The number of halogens is 1. The Hall–Kier alpha value is -1.28. The Morgan fingerprint density at radius 2 is 2.11 bits per heavy atom. The predicted molar refractivity (Wildman–Crippen MR) is 76.1 cm³/mol. The Labute approximate surface area is 114 Å². The number of aryl methyl sites for hydroxylation is 2. The lowest BCUT2D eigenvalue weighted by atomic mass is 10.1. The van der Waals surface area contributed by atoms with E-state index in [0.717, 1.165) is 18.5 Å². The van der Waals surface area contributed by atoms with Crippen molar-refractivity contribution in [2.45, 2.75) is 39.1 Å². The van der Waals surface area contributed by atoms with Crippen LogP contribution in [0.3, 0.4) is 0 Å². The minimum atomic E-state index is 0.0670. The first-order valence-electron chi connectivity index (χ1n) is 6.32. The number of hydrogen-bond donors (Lipinski definition) is 0. The number of rotatable bonds is 4. The Kier molecular flexibility index (Phi) is 4.07. The molecule has 1 aromatic carbocycles. The van der Waals surface area contributed by atoms with Crippen molar-refractivity contribution < 1.29 is 0 Å². The second-order valence-corrected chi connectivity index (χ2v) is 5.30. The van der Waals surface area contributed by atoms with Gasteiger partial charge in [0, 0.05) is 11.8 Å². The molecule has 0 aliphatic heterocycles. The number of benzene rings is 1. The first-order valence-corrected chi connectivity index (χ1v) is 6.76. The topological polar surface area (TPSA) is 17.8 Å². The van der Waals surface area contributed by atoms with E-state index in [1.165, 1.54) is 16.7 Å². The van der Waals surface area contributed by atoms with E-state index in [0.29, 0.717) is 0 Å². The molecule has 1 heterocycles. The quantitative estimate of drug-likeness (QED) is 0.754. The molecule has 0 spiro atoms. The summed E-state index contributed by atoms with van der Waals surface area (Å²) in [7, 11) is 0. The number of hydrogen-bond acceptors (Lipinski definition) is 1. The van der Waals surface area contributed by atoms with Gasteiger partial charge >= 0.3 is 0 Å². The van der Waals surface area contributed by atoms with E-state index < -0.39 is 0 Å². The molecule has 0 bridgehead atoms. The van der Waals surface area contributed by atoms with Gasteiger partial charge in [-0.05, 0) is 31.4 Å². The van der Waals surface area contributed by atoms with Gasteiger partial charge in [0.1, 0.15) is 0 Å². The van der Waals surface area contributed by atoms with Crippen molar-refractivity contribution in [3.8, 4) is 0 Å². The highest BCUT2D eigenvalue weighted by Crippen LogP contribution is 2.23. The minimum Gasteiger partial charge on any atom is -0.268 e. The summed E-state index contributed by atoms with van der Waals surface area (Å²) in [5, 5.41) is 4.45. The van der Waals surface area contributed by atoms with Crippen molar-refractivity contribution in [1.29, 1.82) is 0 Å². The van der Waals surface area contributed by atoms with Crippen molar-refractivity contribution in [3.63, 3.8) is 0 Å². The van der Waals surface area contributed by atoms with Gasteiger partial charge in [-0.25, -0.2) is 0 Å². The molecule has 2 aromatic rings. The third-order valence-corrected chi connectivity index (χ3v) is 3.77. The van der Waals surface area contributed by atoms with Crippen LogP contribution in [0.1, 0.15) is 41.0 Å². The fourth-order valence-electron chi connectivity index (χ4n) is 2.01. The highest BCUT2D eigenvalue weighted by molar-refractivity contribution is 6.20. The largest absolute Gasteiger partial charge is 0.268 e. The molecular weight excluding hydrogens is 244 g/mol. The molecule has 0 aliphatic rings. The number of nitrogens with zero attached hydrogens (tertiary/aromatic N) is 2. The molecule has 2 nitrogen and oxygen atoms in total. The maximum atomic E-state index is 6.21. The zero-order valence-electron chi connectivity index (χ0n) is 11.2. The predicted octanol–water partition coefficient (Wildman–Crippen LogP) is 4.24. The maximum absolute atomic E-state index is 6.21. The van der Waals surface area contributed by atoms with E-state index in [1.54, 1.807) is 0 Å². The molecule has 0 saturated heterocycles. The molecule has 0 N–H and O–H groups in total. The highest BCUT2D eigenvalue weighted by Gasteiger charge is 2.08. The molecule has 18 heavy (non-hydrogen) atoms. The van der Waals surface area contributed by atoms with Crippen LogP contribution in [0.25, 0.3) is 0 Å². The zero-order valence-corrected chi connectivity index (χ0v) is 11.9. The molecule has 0 saturated carbocycles.